The molecule has 0 aliphatic rings. The summed E-state index contributed by atoms with van der Waals surface area (Å²) in [6.45, 7) is 3.53. The van der Waals surface area contributed by atoms with Crippen molar-refractivity contribution in [2.24, 2.45) is 5.92 Å². The third-order valence-electron chi connectivity index (χ3n) is 5.86. The monoisotopic (exact) mass is 532 g/mol. The van der Waals surface area contributed by atoms with Crippen LogP contribution in [-0.4, -0.2) is 43.9 Å². The van der Waals surface area contributed by atoms with Gasteiger partial charge in [-0.25, -0.2) is 0 Å². The lowest BCUT2D eigenvalue weighted by molar-refractivity contribution is -0.130. The Morgan fingerprint density at radius 1 is 0.744 bits per heavy atom. The second-order valence-corrected chi connectivity index (χ2v) is 8.99. The molecule has 0 heterocycles. The highest BCUT2D eigenvalue weighted by molar-refractivity contribution is 6.09. The number of benzene rings is 3. The van der Waals surface area contributed by atoms with E-state index in [1.807, 2.05) is 0 Å². The van der Waals surface area contributed by atoms with Crippen molar-refractivity contribution in [3.8, 4) is 11.5 Å². The first-order chi connectivity index (χ1) is 18.7. The van der Waals surface area contributed by atoms with Gasteiger partial charge in [-0.05, 0) is 60.0 Å². The molecule has 0 bridgehead atoms. The molecule has 0 fully saturated rings. The number of amides is 4. The zero-order valence-corrected chi connectivity index (χ0v) is 22.2. The third-order valence-corrected chi connectivity index (χ3v) is 5.86. The molecule has 3 rings (SSSR count). The molecule has 0 unspecified atom stereocenters. The summed E-state index contributed by atoms with van der Waals surface area (Å²) in [5.74, 6) is -0.982. The van der Waals surface area contributed by atoms with Crippen LogP contribution in [0.25, 0.3) is 0 Å². The molecule has 0 aliphatic carbocycles. The highest BCUT2D eigenvalue weighted by Crippen LogP contribution is 2.18. The largest absolute Gasteiger partial charge is 0.497 e. The van der Waals surface area contributed by atoms with E-state index in [2.05, 4.69) is 21.5 Å². The number of hydrogen-bond acceptors (Lipinski definition) is 6. The lowest BCUT2D eigenvalue weighted by Gasteiger charge is -2.22. The molecule has 204 valence electrons. The number of ether oxygens (including phenoxy) is 2. The fraction of sp³-hybridized carbons (Fsp3) is 0.241. The minimum absolute atomic E-state index is 0.0459. The summed E-state index contributed by atoms with van der Waals surface area (Å²) < 4.78 is 10.2. The third kappa shape index (κ3) is 8.06. The molecule has 39 heavy (non-hydrogen) atoms. The Morgan fingerprint density at radius 2 is 1.33 bits per heavy atom. The van der Waals surface area contributed by atoms with Crippen LogP contribution < -0.4 is 31.0 Å². The predicted octanol–water partition coefficient (Wildman–Crippen LogP) is 3.10. The van der Waals surface area contributed by atoms with Gasteiger partial charge in [-0.3, -0.25) is 30.0 Å². The van der Waals surface area contributed by atoms with E-state index in [0.717, 1.165) is 5.56 Å². The van der Waals surface area contributed by atoms with Crippen LogP contribution in [0.4, 0.5) is 5.69 Å². The molecule has 10 nitrogen and oxygen atoms in total. The molecule has 0 radical (unpaired) electrons. The molecule has 0 aromatic heterocycles. The van der Waals surface area contributed by atoms with Crippen LogP contribution in [0.15, 0.2) is 72.8 Å². The summed E-state index contributed by atoms with van der Waals surface area (Å²) in [6, 6.07) is 19.1. The fourth-order valence-corrected chi connectivity index (χ4v) is 3.66. The van der Waals surface area contributed by atoms with E-state index in [1.54, 1.807) is 93.8 Å². The van der Waals surface area contributed by atoms with Crippen molar-refractivity contribution in [2.45, 2.75) is 26.3 Å². The van der Waals surface area contributed by atoms with E-state index >= 15 is 0 Å². The maximum atomic E-state index is 13.2. The summed E-state index contributed by atoms with van der Waals surface area (Å²) in [5.41, 5.74) is 6.36. The van der Waals surface area contributed by atoms with Gasteiger partial charge in [-0.1, -0.05) is 38.1 Å². The first-order valence-electron chi connectivity index (χ1n) is 12.3. The van der Waals surface area contributed by atoms with Gasteiger partial charge in [-0.15, -0.1) is 0 Å². The van der Waals surface area contributed by atoms with Gasteiger partial charge in [0.2, 0.25) is 5.91 Å². The number of rotatable bonds is 10. The Labute approximate surface area is 227 Å². The van der Waals surface area contributed by atoms with Crippen molar-refractivity contribution >= 4 is 29.3 Å². The van der Waals surface area contributed by atoms with Crippen LogP contribution >= 0.6 is 0 Å². The first kappa shape index (κ1) is 28.7. The highest BCUT2D eigenvalue weighted by Gasteiger charge is 2.26. The molecule has 4 N–H and O–H groups in total. The Hall–Kier alpha value is -4.86. The van der Waals surface area contributed by atoms with Gasteiger partial charge in [0.1, 0.15) is 17.5 Å². The van der Waals surface area contributed by atoms with Gasteiger partial charge >= 0.3 is 0 Å². The normalized spacial score (nSPS) is 11.2. The summed E-state index contributed by atoms with van der Waals surface area (Å²) in [5, 5.41) is 5.44. The molecular formula is C29H32N4O6. The highest BCUT2D eigenvalue weighted by atomic mass is 16.5. The van der Waals surface area contributed by atoms with E-state index in [0.29, 0.717) is 17.1 Å². The number of nitrogens with one attached hydrogen (secondary N) is 4. The Balaban J connectivity index is 1.62. The van der Waals surface area contributed by atoms with Crippen LogP contribution in [0.2, 0.25) is 0 Å². The number of carbonyl (C=O) groups excluding carboxylic acids is 4. The Bertz CT molecular complexity index is 1310. The van der Waals surface area contributed by atoms with Crippen molar-refractivity contribution in [3.05, 3.63) is 89.5 Å². The van der Waals surface area contributed by atoms with Crippen LogP contribution in [0.5, 0.6) is 11.5 Å². The van der Waals surface area contributed by atoms with E-state index < -0.39 is 29.7 Å². The Morgan fingerprint density at radius 3 is 1.92 bits per heavy atom. The molecule has 4 amide bonds. The molecule has 0 saturated carbocycles. The van der Waals surface area contributed by atoms with Crippen molar-refractivity contribution in [1.82, 2.24) is 16.2 Å². The van der Waals surface area contributed by atoms with Crippen molar-refractivity contribution in [1.29, 1.82) is 0 Å². The van der Waals surface area contributed by atoms with Crippen LogP contribution in [0.1, 0.15) is 40.1 Å². The van der Waals surface area contributed by atoms with Gasteiger partial charge in [0.05, 0.1) is 31.9 Å². The van der Waals surface area contributed by atoms with Crippen LogP contribution in [-0.2, 0) is 16.0 Å². The summed E-state index contributed by atoms with van der Waals surface area (Å²) in [7, 11) is 3.09. The first-order valence-corrected chi connectivity index (χ1v) is 12.3. The molecule has 0 spiro atoms. The molecule has 0 saturated heterocycles. The maximum absolute atomic E-state index is 13.2. The number of carbonyl (C=O) groups is 4. The number of hydrazine groups is 1. The van der Waals surface area contributed by atoms with E-state index in [-0.39, 0.29) is 23.6 Å². The molecule has 1 atom stereocenters. The average Bonchev–Trinajstić information content (AvgIpc) is 2.95. The second-order valence-electron chi connectivity index (χ2n) is 8.99. The van der Waals surface area contributed by atoms with E-state index in [1.165, 1.54) is 7.11 Å². The average molecular weight is 533 g/mol. The minimum atomic E-state index is -0.955. The molecule has 3 aromatic carbocycles. The molecule has 3 aromatic rings. The lowest BCUT2D eigenvalue weighted by atomic mass is 10.0. The van der Waals surface area contributed by atoms with Gasteiger partial charge < -0.3 is 20.1 Å². The van der Waals surface area contributed by atoms with Gasteiger partial charge in [0.25, 0.3) is 17.7 Å². The minimum Gasteiger partial charge on any atom is -0.497 e. The number of anilines is 1. The molecule has 10 heteroatoms. The van der Waals surface area contributed by atoms with Crippen molar-refractivity contribution in [2.75, 3.05) is 19.5 Å². The fourth-order valence-electron chi connectivity index (χ4n) is 3.66. The topological polar surface area (TPSA) is 135 Å². The SMILES string of the molecule is COc1ccc(CC(=O)NNC(=O)[C@@H](NC(=O)c2ccccc2NC(=O)c2ccc(OC)cc2)C(C)C)cc1. The summed E-state index contributed by atoms with van der Waals surface area (Å²) in [4.78, 5) is 51.1. The zero-order valence-electron chi connectivity index (χ0n) is 22.2. The number of para-hydroxylation sites is 1. The second kappa shape index (κ2) is 13.6. The molecular weight excluding hydrogens is 500 g/mol. The van der Waals surface area contributed by atoms with E-state index in [9.17, 15) is 19.2 Å². The van der Waals surface area contributed by atoms with Gasteiger partial charge in [0, 0.05) is 5.56 Å². The smallest absolute Gasteiger partial charge is 0.261 e. The zero-order chi connectivity index (χ0) is 28.4. The van der Waals surface area contributed by atoms with Crippen molar-refractivity contribution < 1.29 is 28.7 Å². The summed E-state index contributed by atoms with van der Waals surface area (Å²) in [6.07, 6.45) is 0.0459. The Kier molecular flexibility index (Phi) is 10.0. The predicted molar refractivity (Wildman–Crippen MR) is 146 cm³/mol. The van der Waals surface area contributed by atoms with Gasteiger partial charge in [0.15, 0.2) is 0 Å². The van der Waals surface area contributed by atoms with Gasteiger partial charge in [-0.2, -0.15) is 0 Å². The number of hydrogen-bond donors (Lipinski definition) is 4. The van der Waals surface area contributed by atoms with Crippen LogP contribution in [0.3, 0.4) is 0 Å². The maximum Gasteiger partial charge on any atom is 0.261 e. The standard InChI is InChI=1S/C29H32N4O6/c1-18(2)26(29(37)33-32-25(34)17-19-9-13-21(38-3)14-10-19)31-28(36)23-7-5-6-8-24(23)30-27(35)20-11-15-22(39-4)16-12-20/h5-16,18,26H,17H2,1-4H3,(H,30,35)(H,31,36)(H,32,34)(H,33,37)/t26-/m0/s1. The van der Waals surface area contributed by atoms with Crippen LogP contribution in [0, 0.1) is 5.92 Å². The van der Waals surface area contributed by atoms with E-state index in [4.69, 9.17) is 9.47 Å². The number of methoxy groups -OCH3 is 2. The lowest BCUT2D eigenvalue weighted by Crippen LogP contribution is -2.54. The quantitative estimate of drug-likeness (QED) is 0.297. The summed E-state index contributed by atoms with van der Waals surface area (Å²) >= 11 is 0. The van der Waals surface area contributed by atoms with Crippen molar-refractivity contribution in [3.63, 3.8) is 0 Å². The molecule has 0 aliphatic heterocycles.